The fraction of sp³-hybridized carbons (Fsp3) is 0.333. The van der Waals surface area contributed by atoms with Crippen molar-refractivity contribution in [2.24, 2.45) is 0 Å². The van der Waals surface area contributed by atoms with Crippen LogP contribution in [0.2, 0.25) is 5.02 Å². The lowest BCUT2D eigenvalue weighted by molar-refractivity contribution is -0.120. The highest BCUT2D eigenvalue weighted by Crippen LogP contribution is 2.59. The van der Waals surface area contributed by atoms with Gasteiger partial charge in [-0.3, -0.25) is 4.79 Å². The van der Waals surface area contributed by atoms with Crippen LogP contribution >= 0.6 is 27.5 Å². The number of imidazole rings is 1. The van der Waals surface area contributed by atoms with Gasteiger partial charge in [-0.25, -0.2) is 13.4 Å². The Morgan fingerprint density at radius 2 is 2.00 bits per heavy atom. The number of carbonyl (C=O) groups excluding carboxylic acids is 1. The van der Waals surface area contributed by atoms with Gasteiger partial charge in [-0.1, -0.05) is 33.6 Å². The molecule has 0 saturated heterocycles. The van der Waals surface area contributed by atoms with E-state index >= 15 is 0 Å². The number of benzene rings is 2. The molecule has 1 amide bonds. The van der Waals surface area contributed by atoms with Gasteiger partial charge in [0.25, 0.3) is 0 Å². The third-order valence-electron chi connectivity index (χ3n) is 5.94. The van der Waals surface area contributed by atoms with Crippen LogP contribution in [0.5, 0.6) is 0 Å². The van der Waals surface area contributed by atoms with Crippen LogP contribution < -0.4 is 4.90 Å². The summed E-state index contributed by atoms with van der Waals surface area (Å²) in [6.07, 6.45) is 2.91. The van der Waals surface area contributed by atoms with Gasteiger partial charge in [0.05, 0.1) is 28.7 Å². The minimum atomic E-state index is -3.16. The first-order valence-corrected chi connectivity index (χ1v) is 12.9. The number of aromatic nitrogens is 2. The van der Waals surface area contributed by atoms with Crippen LogP contribution in [0.15, 0.2) is 40.9 Å². The van der Waals surface area contributed by atoms with E-state index in [1.165, 1.54) is 6.26 Å². The van der Waals surface area contributed by atoms with E-state index in [-0.39, 0.29) is 24.7 Å². The van der Waals surface area contributed by atoms with Crippen molar-refractivity contribution in [3.63, 3.8) is 0 Å². The summed E-state index contributed by atoms with van der Waals surface area (Å²) >= 11 is 9.76. The van der Waals surface area contributed by atoms with E-state index in [2.05, 4.69) is 15.9 Å². The molecule has 5 rings (SSSR count). The number of fused-ring (bicyclic) bond motifs is 3. The smallest absolute Gasteiger partial charge is 0.238 e. The third-order valence-corrected chi connectivity index (χ3v) is 7.76. The molecule has 0 bridgehead atoms. The molecule has 2 aliphatic rings. The van der Waals surface area contributed by atoms with Gasteiger partial charge in [0.2, 0.25) is 5.91 Å². The molecular formula is C21H19BrClN3O3S. The molecule has 6 nitrogen and oxygen atoms in total. The number of anilines is 1. The molecule has 1 spiro atoms. The lowest BCUT2D eigenvalue weighted by atomic mass is 9.98. The van der Waals surface area contributed by atoms with Crippen LogP contribution in [0.3, 0.4) is 0 Å². The second kappa shape index (κ2) is 6.80. The van der Waals surface area contributed by atoms with Gasteiger partial charge >= 0.3 is 0 Å². The van der Waals surface area contributed by atoms with E-state index in [9.17, 15) is 13.2 Å². The Bertz CT molecular complexity index is 1310. The van der Waals surface area contributed by atoms with Crippen molar-refractivity contribution in [1.82, 2.24) is 9.55 Å². The molecule has 0 unspecified atom stereocenters. The lowest BCUT2D eigenvalue weighted by Crippen LogP contribution is -2.32. The Kier molecular flexibility index (Phi) is 4.54. The highest BCUT2D eigenvalue weighted by molar-refractivity contribution is 9.10. The van der Waals surface area contributed by atoms with E-state index in [1.54, 1.807) is 17.0 Å². The maximum atomic E-state index is 13.4. The molecular weight excluding hydrogens is 490 g/mol. The predicted octanol–water partition coefficient (Wildman–Crippen LogP) is 4.08. The highest BCUT2D eigenvalue weighted by Gasteiger charge is 2.60. The second-order valence-electron chi connectivity index (χ2n) is 8.05. The minimum Gasteiger partial charge on any atom is -0.325 e. The summed E-state index contributed by atoms with van der Waals surface area (Å²) in [4.78, 5) is 19.9. The van der Waals surface area contributed by atoms with Crippen LogP contribution in [0, 0.1) is 0 Å². The van der Waals surface area contributed by atoms with Crippen molar-refractivity contribution in [3.05, 3.63) is 57.3 Å². The highest BCUT2D eigenvalue weighted by atomic mass is 79.9. The third kappa shape index (κ3) is 3.16. The standard InChI is InChI=1S/C21H19BrClN3O3S/c1-30(28,29)10-9-25-16-6-5-13(23)11-15(16)24-18(25)12-26-17-4-2-3-14(22)19(17)21(7-8-21)20(26)27/h2-6,11H,7-10,12H2,1H3. The number of nitrogens with zero attached hydrogens (tertiary/aromatic N) is 3. The number of carbonyl (C=O) groups is 1. The van der Waals surface area contributed by atoms with Crippen molar-refractivity contribution < 1.29 is 13.2 Å². The molecule has 0 radical (unpaired) electrons. The molecule has 1 saturated carbocycles. The summed E-state index contributed by atoms with van der Waals surface area (Å²) in [5, 5.41) is 0.560. The normalized spacial score (nSPS) is 17.2. The van der Waals surface area contributed by atoms with E-state index < -0.39 is 15.3 Å². The van der Waals surface area contributed by atoms with Gasteiger partial charge in [-0.05, 0) is 43.2 Å². The fourth-order valence-electron chi connectivity index (χ4n) is 4.35. The quantitative estimate of drug-likeness (QED) is 0.521. The van der Waals surface area contributed by atoms with Crippen molar-refractivity contribution in [3.8, 4) is 0 Å². The molecule has 2 aromatic carbocycles. The van der Waals surface area contributed by atoms with Crippen LogP contribution in [0.25, 0.3) is 11.0 Å². The first kappa shape index (κ1) is 20.0. The summed E-state index contributed by atoms with van der Waals surface area (Å²) in [5.74, 6) is 0.728. The molecule has 0 N–H and O–H groups in total. The molecule has 0 atom stereocenters. The van der Waals surface area contributed by atoms with Crippen molar-refractivity contribution in [2.45, 2.75) is 31.3 Å². The number of hydrogen-bond donors (Lipinski definition) is 0. The van der Waals surface area contributed by atoms with Crippen molar-refractivity contribution >= 4 is 60.0 Å². The van der Waals surface area contributed by atoms with Gasteiger partial charge in [-0.15, -0.1) is 0 Å². The second-order valence-corrected chi connectivity index (χ2v) is 11.6. The zero-order valence-electron chi connectivity index (χ0n) is 16.2. The van der Waals surface area contributed by atoms with Gasteiger partial charge in [0, 0.05) is 33.5 Å². The summed E-state index contributed by atoms with van der Waals surface area (Å²) in [7, 11) is -3.16. The Morgan fingerprint density at radius 3 is 2.70 bits per heavy atom. The maximum absolute atomic E-state index is 13.4. The Labute approximate surface area is 187 Å². The average Bonchev–Trinajstić information content (AvgIpc) is 3.34. The zero-order chi connectivity index (χ0) is 21.3. The fourth-order valence-corrected chi connectivity index (χ4v) is 5.77. The average molecular weight is 509 g/mol. The first-order chi connectivity index (χ1) is 14.2. The van der Waals surface area contributed by atoms with Crippen LogP contribution in [0.4, 0.5) is 5.69 Å². The Hall–Kier alpha value is -1.90. The lowest BCUT2D eigenvalue weighted by Gasteiger charge is -2.19. The number of aryl methyl sites for hydroxylation is 1. The molecule has 9 heteroatoms. The summed E-state index contributed by atoms with van der Waals surface area (Å²) < 4.78 is 26.4. The number of sulfone groups is 1. The van der Waals surface area contributed by atoms with Crippen LogP contribution in [-0.2, 0) is 33.1 Å². The van der Waals surface area contributed by atoms with Gasteiger partial charge in [0.15, 0.2) is 0 Å². The minimum absolute atomic E-state index is 0.00585. The number of halogens is 2. The molecule has 2 heterocycles. The maximum Gasteiger partial charge on any atom is 0.238 e. The zero-order valence-corrected chi connectivity index (χ0v) is 19.4. The number of amides is 1. The molecule has 1 fully saturated rings. The number of rotatable bonds is 5. The van der Waals surface area contributed by atoms with E-state index in [4.69, 9.17) is 16.6 Å². The monoisotopic (exact) mass is 507 g/mol. The van der Waals surface area contributed by atoms with E-state index in [0.717, 1.165) is 34.1 Å². The van der Waals surface area contributed by atoms with Crippen LogP contribution in [0.1, 0.15) is 24.2 Å². The predicted molar refractivity (Wildman–Crippen MR) is 121 cm³/mol. The first-order valence-electron chi connectivity index (χ1n) is 9.63. The van der Waals surface area contributed by atoms with E-state index in [1.807, 2.05) is 28.8 Å². The Balaban J connectivity index is 1.59. The topological polar surface area (TPSA) is 72.3 Å². The number of hydrogen-bond acceptors (Lipinski definition) is 4. The van der Waals surface area contributed by atoms with Gasteiger partial charge in [-0.2, -0.15) is 0 Å². The van der Waals surface area contributed by atoms with Crippen LogP contribution in [-0.4, -0.2) is 35.9 Å². The molecule has 1 aromatic heterocycles. The van der Waals surface area contributed by atoms with E-state index in [0.29, 0.717) is 16.4 Å². The largest absolute Gasteiger partial charge is 0.325 e. The summed E-state index contributed by atoms with van der Waals surface area (Å²) in [6, 6.07) is 11.2. The summed E-state index contributed by atoms with van der Waals surface area (Å²) in [5.41, 5.74) is 3.01. The SMILES string of the molecule is CS(=O)(=O)CCn1c(CN2C(=O)C3(CC3)c3c(Br)cccc32)nc2cc(Cl)ccc21. The molecule has 1 aliphatic heterocycles. The van der Waals surface area contributed by atoms with Crippen molar-refractivity contribution in [1.29, 1.82) is 0 Å². The summed E-state index contributed by atoms with van der Waals surface area (Å²) in [6.45, 7) is 0.547. The molecule has 3 aromatic rings. The van der Waals surface area contributed by atoms with Gasteiger partial charge in [0.1, 0.15) is 15.7 Å². The van der Waals surface area contributed by atoms with Gasteiger partial charge < -0.3 is 9.47 Å². The molecule has 30 heavy (non-hydrogen) atoms. The van der Waals surface area contributed by atoms with Crippen molar-refractivity contribution in [2.75, 3.05) is 16.9 Å². The Morgan fingerprint density at radius 1 is 1.23 bits per heavy atom. The molecule has 156 valence electrons. The molecule has 1 aliphatic carbocycles.